The van der Waals surface area contributed by atoms with E-state index in [9.17, 15) is 0 Å². The van der Waals surface area contributed by atoms with Gasteiger partial charge < -0.3 is 0 Å². The maximum Gasteiger partial charge on any atom is -0.0170 e. The first-order valence-electron chi connectivity index (χ1n) is 5.65. The van der Waals surface area contributed by atoms with E-state index in [0.717, 1.165) is 28.6 Å². The Balaban J connectivity index is 1.89. The van der Waals surface area contributed by atoms with Crippen LogP contribution in [0.4, 0.5) is 0 Å². The second kappa shape index (κ2) is 1.76. The molecular weight excluding hydrogens is 144 g/mol. The molecule has 0 heterocycles. The summed E-state index contributed by atoms with van der Waals surface area (Å²) in [5, 5.41) is 0. The minimum Gasteiger partial charge on any atom is -0.0625 e. The lowest BCUT2D eigenvalue weighted by Gasteiger charge is -2.19. The van der Waals surface area contributed by atoms with Crippen molar-refractivity contribution in [1.82, 2.24) is 0 Å². The Kier molecular flexibility index (Phi) is 1.09. The van der Waals surface area contributed by atoms with Gasteiger partial charge in [0.2, 0.25) is 0 Å². The summed E-state index contributed by atoms with van der Waals surface area (Å²) in [4.78, 5) is 0. The van der Waals surface area contributed by atoms with Gasteiger partial charge in [0.1, 0.15) is 0 Å². The summed E-state index contributed by atoms with van der Waals surface area (Å²) in [6.45, 7) is 7.36. The summed E-state index contributed by atoms with van der Waals surface area (Å²) in [6, 6.07) is 0. The fourth-order valence-electron chi connectivity index (χ4n) is 4.96. The van der Waals surface area contributed by atoms with Crippen LogP contribution in [0.2, 0.25) is 0 Å². The predicted molar refractivity (Wildman–Crippen MR) is 50.8 cm³/mol. The van der Waals surface area contributed by atoms with Gasteiger partial charge in [-0.15, -0.1) is 0 Å². The van der Waals surface area contributed by atoms with Crippen LogP contribution in [0.15, 0.2) is 0 Å². The highest BCUT2D eigenvalue weighted by Crippen LogP contribution is 2.97. The van der Waals surface area contributed by atoms with Crippen LogP contribution >= 0.6 is 0 Å². The largest absolute Gasteiger partial charge is 0.0625 e. The molecule has 0 amide bonds. The van der Waals surface area contributed by atoms with Gasteiger partial charge in [0, 0.05) is 0 Å². The summed E-state index contributed by atoms with van der Waals surface area (Å²) >= 11 is 0. The van der Waals surface area contributed by atoms with E-state index in [1.165, 1.54) is 12.8 Å². The van der Waals surface area contributed by atoms with Crippen LogP contribution in [-0.2, 0) is 0 Å². The molecule has 3 fully saturated rings. The molecular formula is C12H20. The van der Waals surface area contributed by atoms with Crippen molar-refractivity contribution < 1.29 is 0 Å². The summed E-state index contributed by atoms with van der Waals surface area (Å²) in [6.07, 6.45) is 6.21. The average Bonchev–Trinajstić information content (AvgIpc) is 2.71. The van der Waals surface area contributed by atoms with E-state index in [1.54, 1.807) is 12.8 Å². The van der Waals surface area contributed by atoms with Gasteiger partial charge in [-0.3, -0.25) is 0 Å². The highest BCUT2D eigenvalue weighted by molar-refractivity contribution is 5.39. The molecule has 0 saturated heterocycles. The van der Waals surface area contributed by atoms with Gasteiger partial charge in [0.05, 0.1) is 0 Å². The first-order valence-corrected chi connectivity index (χ1v) is 5.65. The molecule has 0 aromatic carbocycles. The van der Waals surface area contributed by atoms with Crippen LogP contribution < -0.4 is 0 Å². The zero-order valence-electron chi connectivity index (χ0n) is 8.56. The van der Waals surface area contributed by atoms with Crippen molar-refractivity contribution in [1.29, 1.82) is 0 Å². The molecule has 0 bridgehead atoms. The molecule has 4 unspecified atom stereocenters. The maximum atomic E-state index is 2.50. The number of hydrogen-bond donors (Lipinski definition) is 0. The Morgan fingerprint density at radius 1 is 1.33 bits per heavy atom. The minimum absolute atomic E-state index is 0.888. The van der Waals surface area contributed by atoms with Crippen molar-refractivity contribution in [2.75, 3.05) is 0 Å². The molecule has 3 aliphatic rings. The van der Waals surface area contributed by atoms with Gasteiger partial charge in [-0.05, 0) is 41.4 Å². The van der Waals surface area contributed by atoms with Crippen LogP contribution in [0, 0.1) is 28.6 Å². The lowest BCUT2D eigenvalue weighted by molar-refractivity contribution is 0.293. The highest BCUT2D eigenvalue weighted by atomic mass is 14.9. The van der Waals surface area contributed by atoms with Crippen LogP contribution in [0.25, 0.3) is 0 Å². The molecule has 3 rings (SSSR count). The fraction of sp³-hybridized carbons (Fsp3) is 1.00. The predicted octanol–water partition coefficient (Wildman–Crippen LogP) is 3.47. The first-order chi connectivity index (χ1) is 5.65. The molecule has 0 nitrogen and oxygen atoms in total. The van der Waals surface area contributed by atoms with Gasteiger partial charge in [-0.1, -0.05) is 33.6 Å². The third-order valence-electron chi connectivity index (χ3n) is 5.28. The van der Waals surface area contributed by atoms with E-state index >= 15 is 0 Å². The quantitative estimate of drug-likeness (QED) is 0.556. The first kappa shape index (κ1) is 7.41. The molecule has 0 spiro atoms. The molecule has 0 heteroatoms. The van der Waals surface area contributed by atoms with Gasteiger partial charge >= 0.3 is 0 Å². The average molecular weight is 164 g/mol. The molecule has 4 atom stereocenters. The summed E-state index contributed by atoms with van der Waals surface area (Å²) in [5.74, 6) is 3.14. The zero-order chi connectivity index (χ0) is 8.56. The molecule has 3 saturated carbocycles. The SMILES string of the molecule is CC(C)C1C23CCCC(C)C12C3. The summed E-state index contributed by atoms with van der Waals surface area (Å²) in [5.41, 5.74) is 1.79. The monoisotopic (exact) mass is 164 g/mol. The van der Waals surface area contributed by atoms with Gasteiger partial charge in [-0.25, -0.2) is 0 Å². The van der Waals surface area contributed by atoms with Gasteiger partial charge in [-0.2, -0.15) is 0 Å². The lowest BCUT2D eigenvalue weighted by Crippen LogP contribution is -2.12. The Morgan fingerprint density at radius 3 is 2.67 bits per heavy atom. The van der Waals surface area contributed by atoms with Crippen molar-refractivity contribution in [3.63, 3.8) is 0 Å². The van der Waals surface area contributed by atoms with Crippen molar-refractivity contribution in [2.45, 2.75) is 46.5 Å². The maximum absolute atomic E-state index is 2.50. The molecule has 0 aromatic heterocycles. The van der Waals surface area contributed by atoms with Gasteiger partial charge in [0.15, 0.2) is 0 Å². The molecule has 68 valence electrons. The molecule has 3 aliphatic carbocycles. The Bertz CT molecular complexity index is 230. The third kappa shape index (κ3) is 0.506. The second-order valence-electron chi connectivity index (χ2n) is 5.89. The van der Waals surface area contributed by atoms with Crippen LogP contribution in [0.5, 0.6) is 0 Å². The van der Waals surface area contributed by atoms with Crippen molar-refractivity contribution in [3.05, 3.63) is 0 Å². The third-order valence-corrected chi connectivity index (χ3v) is 5.28. The van der Waals surface area contributed by atoms with Crippen molar-refractivity contribution in [2.24, 2.45) is 28.6 Å². The molecule has 0 radical (unpaired) electrons. The number of hydrogen-bond acceptors (Lipinski definition) is 0. The molecule has 12 heavy (non-hydrogen) atoms. The number of rotatable bonds is 1. The zero-order valence-corrected chi connectivity index (χ0v) is 8.56. The standard InChI is InChI=1S/C12H20/c1-8(2)10-11-6-4-5-9(3)12(10,11)7-11/h8-10H,4-7H2,1-3H3. The van der Waals surface area contributed by atoms with E-state index in [4.69, 9.17) is 0 Å². The molecule has 0 aromatic rings. The Morgan fingerprint density at radius 2 is 2.08 bits per heavy atom. The highest BCUT2D eigenvalue weighted by Gasteiger charge is 2.91. The van der Waals surface area contributed by atoms with E-state index in [2.05, 4.69) is 20.8 Å². The Labute approximate surface area is 75.7 Å². The lowest BCUT2D eigenvalue weighted by atomic mass is 9.85. The van der Waals surface area contributed by atoms with Crippen molar-refractivity contribution >= 4 is 0 Å². The van der Waals surface area contributed by atoms with E-state index in [0.29, 0.717) is 0 Å². The minimum atomic E-state index is 0.888. The topological polar surface area (TPSA) is 0 Å². The van der Waals surface area contributed by atoms with E-state index in [-0.39, 0.29) is 0 Å². The summed E-state index contributed by atoms with van der Waals surface area (Å²) < 4.78 is 0. The second-order valence-corrected chi connectivity index (χ2v) is 5.89. The normalized spacial score (nSPS) is 61.0. The van der Waals surface area contributed by atoms with Crippen LogP contribution in [-0.4, -0.2) is 0 Å². The van der Waals surface area contributed by atoms with Crippen molar-refractivity contribution in [3.8, 4) is 0 Å². The molecule has 0 N–H and O–H groups in total. The molecule has 0 aliphatic heterocycles. The Hall–Kier alpha value is 0. The van der Waals surface area contributed by atoms with E-state index in [1.807, 2.05) is 0 Å². The van der Waals surface area contributed by atoms with Crippen LogP contribution in [0.1, 0.15) is 46.5 Å². The fourth-order valence-corrected chi connectivity index (χ4v) is 4.96. The van der Waals surface area contributed by atoms with Crippen LogP contribution in [0.3, 0.4) is 0 Å². The van der Waals surface area contributed by atoms with Gasteiger partial charge in [0.25, 0.3) is 0 Å². The van der Waals surface area contributed by atoms with E-state index < -0.39 is 0 Å². The smallest absolute Gasteiger partial charge is 0.0170 e. The summed E-state index contributed by atoms with van der Waals surface area (Å²) in [7, 11) is 0.